The van der Waals surface area contributed by atoms with Crippen LogP contribution in [0.15, 0.2) is 54.6 Å². The number of carboxylic acid groups (broad SMARTS) is 2. The molecule has 0 radical (unpaired) electrons. The molecular formula is C30H32F6N4O8. The van der Waals surface area contributed by atoms with E-state index >= 15 is 0 Å². The molecule has 1 aromatic heterocycles. The van der Waals surface area contributed by atoms with Crippen molar-refractivity contribution >= 4 is 34.7 Å². The molecule has 1 unspecified atom stereocenters. The topological polar surface area (TPSA) is 178 Å². The summed E-state index contributed by atoms with van der Waals surface area (Å²) in [6, 6.07) is 17.0. The number of likely N-dealkylation sites (tertiary alicyclic amines) is 1. The van der Waals surface area contributed by atoms with Gasteiger partial charge in [-0.3, -0.25) is 24.7 Å². The number of carbonyl (C=O) groups is 4. The molecule has 2 heterocycles. The zero-order chi connectivity index (χ0) is 36.2. The monoisotopic (exact) mass is 690 g/mol. The van der Waals surface area contributed by atoms with Gasteiger partial charge in [-0.2, -0.15) is 26.3 Å². The van der Waals surface area contributed by atoms with E-state index in [4.69, 9.17) is 29.7 Å². The van der Waals surface area contributed by atoms with Crippen molar-refractivity contribution < 1.29 is 65.7 Å². The zero-order valence-electron chi connectivity index (χ0n) is 25.4. The number of nitrogens with one attached hydrogen (secondary N) is 2. The van der Waals surface area contributed by atoms with Gasteiger partial charge in [-0.25, -0.2) is 15.1 Å². The first-order chi connectivity index (χ1) is 22.3. The number of hydroxylamine groups is 1. The molecule has 2 aromatic carbocycles. The number of nitrogens with zero attached hydrogens (tertiary/aromatic N) is 2. The van der Waals surface area contributed by atoms with Gasteiger partial charge in [0, 0.05) is 34.5 Å². The lowest BCUT2D eigenvalue weighted by Crippen LogP contribution is -2.54. The van der Waals surface area contributed by atoms with E-state index in [1.54, 1.807) is 29.7 Å². The van der Waals surface area contributed by atoms with Gasteiger partial charge in [-0.1, -0.05) is 18.2 Å². The van der Waals surface area contributed by atoms with Gasteiger partial charge in [0.2, 0.25) is 5.91 Å². The number of hydrogen-bond acceptors (Lipinski definition) is 8. The number of benzene rings is 2. The molecule has 262 valence electrons. The Labute approximate surface area is 269 Å². The van der Waals surface area contributed by atoms with Crippen LogP contribution in [0.25, 0.3) is 10.9 Å². The summed E-state index contributed by atoms with van der Waals surface area (Å²) in [7, 11) is 1.93. The quantitative estimate of drug-likeness (QED) is 0.133. The van der Waals surface area contributed by atoms with Crippen molar-refractivity contribution in [1.29, 1.82) is 0 Å². The molecule has 1 saturated heterocycles. The van der Waals surface area contributed by atoms with E-state index in [2.05, 4.69) is 10.3 Å². The summed E-state index contributed by atoms with van der Waals surface area (Å²) in [6.45, 7) is 3.20. The van der Waals surface area contributed by atoms with Gasteiger partial charge in [0.15, 0.2) is 0 Å². The maximum atomic E-state index is 12.9. The van der Waals surface area contributed by atoms with Crippen molar-refractivity contribution in [2.45, 2.75) is 51.3 Å². The molecule has 18 heteroatoms. The number of rotatable bonds is 7. The Balaban J connectivity index is 0.000000479. The second-order valence-electron chi connectivity index (χ2n) is 10.4. The number of para-hydroxylation sites is 1. The van der Waals surface area contributed by atoms with Crippen LogP contribution in [0.4, 0.5) is 26.3 Å². The summed E-state index contributed by atoms with van der Waals surface area (Å²) in [5, 5.41) is 27.2. The van der Waals surface area contributed by atoms with Crippen LogP contribution in [-0.4, -0.2) is 81.2 Å². The van der Waals surface area contributed by atoms with Crippen molar-refractivity contribution in [2.24, 2.45) is 5.92 Å². The van der Waals surface area contributed by atoms with E-state index in [0.29, 0.717) is 17.9 Å². The lowest BCUT2D eigenvalue weighted by molar-refractivity contribution is -0.193. The third-order valence-electron chi connectivity index (χ3n) is 6.78. The molecule has 1 fully saturated rings. The van der Waals surface area contributed by atoms with Gasteiger partial charge in [0.1, 0.15) is 12.4 Å². The highest BCUT2D eigenvalue weighted by Crippen LogP contribution is 2.25. The van der Waals surface area contributed by atoms with Crippen molar-refractivity contribution in [3.8, 4) is 5.75 Å². The number of aryl methyl sites for hydroxylation is 1. The lowest BCUT2D eigenvalue weighted by Gasteiger charge is -2.39. The fraction of sp³-hybridized carbons (Fsp3) is 0.367. The molecule has 2 atom stereocenters. The summed E-state index contributed by atoms with van der Waals surface area (Å²) in [4.78, 5) is 49.0. The molecule has 0 aliphatic carbocycles. The maximum absolute atomic E-state index is 12.9. The third kappa shape index (κ3) is 12.3. The average molecular weight is 691 g/mol. The van der Waals surface area contributed by atoms with Gasteiger partial charge >= 0.3 is 24.3 Å². The summed E-state index contributed by atoms with van der Waals surface area (Å²) in [6.07, 6.45) is -8.55. The maximum Gasteiger partial charge on any atom is 0.490 e. The first-order valence-electron chi connectivity index (χ1n) is 14.0. The highest BCUT2D eigenvalue weighted by atomic mass is 19.4. The normalized spacial score (nSPS) is 16.4. The number of carboxylic acids is 2. The fourth-order valence-electron chi connectivity index (χ4n) is 4.58. The Morgan fingerprint density at radius 1 is 0.958 bits per heavy atom. The van der Waals surface area contributed by atoms with E-state index in [1.807, 2.05) is 49.2 Å². The summed E-state index contributed by atoms with van der Waals surface area (Å²) in [5.41, 5.74) is 5.14. The Kier molecular flexibility index (Phi) is 14.1. The third-order valence-corrected chi connectivity index (χ3v) is 6.78. The van der Waals surface area contributed by atoms with Crippen molar-refractivity contribution in [1.82, 2.24) is 20.7 Å². The number of amides is 2. The second-order valence-corrected chi connectivity index (χ2v) is 10.4. The molecule has 5 N–H and O–H groups in total. The summed E-state index contributed by atoms with van der Waals surface area (Å²) < 4.78 is 69.5. The number of pyridine rings is 1. The minimum Gasteiger partial charge on any atom is -0.489 e. The van der Waals surface area contributed by atoms with Crippen LogP contribution in [0.3, 0.4) is 0 Å². The Hall–Kier alpha value is -4.97. The molecule has 1 aliphatic rings. The van der Waals surface area contributed by atoms with Crippen molar-refractivity contribution in [2.75, 3.05) is 13.6 Å². The number of fused-ring (bicyclic) bond motifs is 1. The predicted octanol–water partition coefficient (Wildman–Crippen LogP) is 4.68. The number of hydrogen-bond donors (Lipinski definition) is 5. The zero-order valence-corrected chi connectivity index (χ0v) is 25.4. The number of aromatic nitrogens is 1. The van der Waals surface area contributed by atoms with E-state index < -0.39 is 30.2 Å². The lowest BCUT2D eigenvalue weighted by atomic mass is 9.91. The SMILES string of the molecule is Cc1cc(COc2ccc(C(=O)NC3[C@H](CC(=O)NO)CCCN3C)cc2)c2ccccc2n1.O=C(O)C(F)(F)F.O=C(O)C(F)(F)F. The first-order valence-corrected chi connectivity index (χ1v) is 14.0. The van der Waals surface area contributed by atoms with Crippen LogP contribution in [0.2, 0.25) is 0 Å². The number of ether oxygens (including phenoxy) is 1. The van der Waals surface area contributed by atoms with Crippen LogP contribution >= 0.6 is 0 Å². The molecule has 12 nitrogen and oxygen atoms in total. The first kappa shape index (κ1) is 39.2. The van der Waals surface area contributed by atoms with Crippen LogP contribution in [-0.2, 0) is 21.0 Å². The minimum absolute atomic E-state index is 0.0731. The van der Waals surface area contributed by atoms with Crippen LogP contribution in [0.1, 0.15) is 40.9 Å². The van der Waals surface area contributed by atoms with Gasteiger partial charge in [0.05, 0.1) is 11.7 Å². The molecule has 48 heavy (non-hydrogen) atoms. The number of aliphatic carboxylic acids is 2. The second kappa shape index (κ2) is 17.3. The molecule has 0 bridgehead atoms. The number of piperidine rings is 1. The van der Waals surface area contributed by atoms with Gasteiger partial charge < -0.3 is 20.3 Å². The van der Waals surface area contributed by atoms with E-state index in [9.17, 15) is 35.9 Å². The number of carbonyl (C=O) groups excluding carboxylic acids is 2. The highest BCUT2D eigenvalue weighted by Gasteiger charge is 2.39. The van der Waals surface area contributed by atoms with E-state index in [-0.39, 0.29) is 24.4 Å². The minimum atomic E-state index is -5.08. The molecular weight excluding hydrogens is 658 g/mol. The largest absolute Gasteiger partial charge is 0.490 e. The van der Waals surface area contributed by atoms with Crippen LogP contribution in [0.5, 0.6) is 5.75 Å². The van der Waals surface area contributed by atoms with Gasteiger partial charge in [0.25, 0.3) is 5.91 Å². The molecule has 3 aromatic rings. The van der Waals surface area contributed by atoms with Gasteiger partial charge in [-0.15, -0.1) is 0 Å². The van der Waals surface area contributed by atoms with E-state index in [1.165, 1.54) is 0 Å². The van der Waals surface area contributed by atoms with Crippen molar-refractivity contribution in [3.63, 3.8) is 0 Å². The average Bonchev–Trinajstić information content (AvgIpc) is 3.01. The van der Waals surface area contributed by atoms with Gasteiger partial charge in [-0.05, 0) is 69.8 Å². The molecule has 1 aliphatic heterocycles. The summed E-state index contributed by atoms with van der Waals surface area (Å²) in [5.74, 6) is -5.58. The molecule has 2 amide bonds. The van der Waals surface area contributed by atoms with E-state index in [0.717, 1.165) is 41.5 Å². The standard InChI is InChI=1S/C26H30N4O4.2C2HF3O2/c1-17-14-20(22-7-3-4-8-23(22)27-17)16-34-21-11-9-18(10-12-21)26(32)28-25-19(15-24(31)29-33)6-5-13-30(25)2;2*3-2(4,5)1(6)7/h3-4,7-12,14,19,25,33H,5-6,13,15-16H2,1-2H3,(H,28,32)(H,29,31);2*(H,6,7)/t19-,25?;;/m0../s1. The predicted molar refractivity (Wildman–Crippen MR) is 156 cm³/mol. The Morgan fingerprint density at radius 3 is 2.06 bits per heavy atom. The van der Waals surface area contributed by atoms with Crippen LogP contribution in [0, 0.1) is 12.8 Å². The Morgan fingerprint density at radius 2 is 1.52 bits per heavy atom. The molecule has 0 spiro atoms. The fourth-order valence-corrected chi connectivity index (χ4v) is 4.58. The smallest absolute Gasteiger partial charge is 0.489 e. The number of alkyl halides is 6. The molecule has 0 saturated carbocycles. The summed E-state index contributed by atoms with van der Waals surface area (Å²) >= 11 is 0. The molecule has 4 rings (SSSR count). The Bertz CT molecular complexity index is 1540. The highest BCUT2D eigenvalue weighted by molar-refractivity contribution is 5.94. The van der Waals surface area contributed by atoms with Crippen molar-refractivity contribution in [3.05, 3.63) is 71.4 Å². The number of halogens is 6. The van der Waals surface area contributed by atoms with Crippen LogP contribution < -0.4 is 15.5 Å².